The Morgan fingerprint density at radius 3 is 2.64 bits per heavy atom. The van der Waals surface area contributed by atoms with Crippen LogP contribution in [-0.4, -0.2) is 39.2 Å². The monoisotopic (exact) mass is 402 g/mol. The van der Waals surface area contributed by atoms with Crippen LogP contribution >= 0.6 is 0 Å². The molecular weight excluding hydrogens is 380 g/mol. The molecule has 2 aromatic carbocycles. The molecule has 148 valence electrons. The molecule has 0 saturated heterocycles. The van der Waals surface area contributed by atoms with Crippen LogP contribution in [-0.2, 0) is 26.0 Å². The van der Waals surface area contributed by atoms with Crippen molar-refractivity contribution in [3.63, 3.8) is 0 Å². The number of ether oxygens (including phenoxy) is 1. The Bertz CT molecular complexity index is 1030. The van der Waals surface area contributed by atoms with E-state index in [-0.39, 0.29) is 11.6 Å². The summed E-state index contributed by atoms with van der Waals surface area (Å²) in [6.07, 6.45) is 1.67. The van der Waals surface area contributed by atoms with Crippen LogP contribution in [0.3, 0.4) is 0 Å². The molecule has 28 heavy (non-hydrogen) atoms. The van der Waals surface area contributed by atoms with Crippen molar-refractivity contribution in [2.75, 3.05) is 22.5 Å². The minimum Gasteiger partial charge on any atom is -0.452 e. The number of hydrogen-bond acceptors (Lipinski definition) is 5. The second-order valence-electron chi connectivity index (χ2n) is 6.95. The van der Waals surface area contributed by atoms with Crippen LogP contribution in [0.15, 0.2) is 42.5 Å². The number of carbonyl (C=O) groups is 2. The van der Waals surface area contributed by atoms with Crippen molar-refractivity contribution in [2.45, 2.75) is 26.3 Å². The van der Waals surface area contributed by atoms with Crippen molar-refractivity contribution in [3.8, 4) is 0 Å². The summed E-state index contributed by atoms with van der Waals surface area (Å²) >= 11 is 0. The fraction of sp³-hybridized carbons (Fsp3) is 0.300. The lowest BCUT2D eigenvalue weighted by atomic mass is 10.1. The Morgan fingerprint density at radius 1 is 1.21 bits per heavy atom. The molecule has 1 aliphatic rings. The highest BCUT2D eigenvalue weighted by Crippen LogP contribution is 2.34. The number of anilines is 2. The molecule has 1 atom stereocenters. The van der Waals surface area contributed by atoms with Crippen LogP contribution in [0, 0.1) is 6.92 Å². The van der Waals surface area contributed by atoms with Crippen LogP contribution < -0.4 is 9.62 Å². The van der Waals surface area contributed by atoms with Crippen molar-refractivity contribution in [2.24, 2.45) is 0 Å². The second-order valence-corrected chi connectivity index (χ2v) is 8.81. The van der Waals surface area contributed by atoms with Gasteiger partial charge in [-0.25, -0.2) is 13.2 Å². The SMILES string of the molecule is Cc1cccc(NC(=O)COC(=O)c2ccc3c(c2)C[C@@H](C)N3S(C)(=O)=O)c1. The van der Waals surface area contributed by atoms with E-state index >= 15 is 0 Å². The van der Waals surface area contributed by atoms with Gasteiger partial charge in [0.2, 0.25) is 10.0 Å². The average Bonchev–Trinajstić information content (AvgIpc) is 2.94. The van der Waals surface area contributed by atoms with Crippen LogP contribution in [0.4, 0.5) is 11.4 Å². The molecule has 1 heterocycles. The van der Waals surface area contributed by atoms with E-state index in [0.717, 1.165) is 17.4 Å². The highest BCUT2D eigenvalue weighted by Gasteiger charge is 2.32. The van der Waals surface area contributed by atoms with Crippen molar-refractivity contribution in [1.29, 1.82) is 0 Å². The lowest BCUT2D eigenvalue weighted by Gasteiger charge is -2.21. The van der Waals surface area contributed by atoms with E-state index in [9.17, 15) is 18.0 Å². The van der Waals surface area contributed by atoms with Crippen LogP contribution in [0.25, 0.3) is 0 Å². The number of aryl methyl sites for hydroxylation is 1. The van der Waals surface area contributed by atoms with Gasteiger partial charge in [-0.05, 0) is 61.7 Å². The van der Waals surface area contributed by atoms with E-state index in [1.807, 2.05) is 32.0 Å². The van der Waals surface area contributed by atoms with E-state index in [2.05, 4.69) is 5.32 Å². The third kappa shape index (κ3) is 4.33. The predicted molar refractivity (Wildman–Crippen MR) is 107 cm³/mol. The second kappa shape index (κ2) is 7.63. The number of amides is 1. The van der Waals surface area contributed by atoms with Gasteiger partial charge >= 0.3 is 5.97 Å². The molecule has 8 heteroatoms. The number of sulfonamides is 1. The van der Waals surface area contributed by atoms with E-state index in [0.29, 0.717) is 17.8 Å². The first-order chi connectivity index (χ1) is 13.1. The van der Waals surface area contributed by atoms with E-state index in [4.69, 9.17) is 4.74 Å². The van der Waals surface area contributed by atoms with Crippen LogP contribution in [0.2, 0.25) is 0 Å². The number of carbonyl (C=O) groups excluding carboxylic acids is 2. The van der Waals surface area contributed by atoms with E-state index in [1.54, 1.807) is 18.2 Å². The van der Waals surface area contributed by atoms with Crippen LogP contribution in [0.5, 0.6) is 0 Å². The molecule has 0 aliphatic carbocycles. The maximum absolute atomic E-state index is 12.3. The first kappa shape index (κ1) is 19.9. The minimum absolute atomic E-state index is 0.212. The fourth-order valence-electron chi connectivity index (χ4n) is 3.37. The normalized spacial score (nSPS) is 15.8. The Hall–Kier alpha value is -2.87. The average molecular weight is 402 g/mol. The highest BCUT2D eigenvalue weighted by atomic mass is 32.2. The summed E-state index contributed by atoms with van der Waals surface area (Å²) in [5.74, 6) is -1.07. The molecule has 0 aromatic heterocycles. The number of rotatable bonds is 5. The standard InChI is InChI=1S/C20H22N2O5S/c1-13-5-4-6-17(9-13)21-19(23)12-27-20(24)15-7-8-18-16(11-15)10-14(2)22(18)28(3,25)26/h4-9,11,14H,10,12H2,1-3H3,(H,21,23)/t14-/m1/s1. The highest BCUT2D eigenvalue weighted by molar-refractivity contribution is 7.92. The zero-order valence-corrected chi connectivity index (χ0v) is 16.7. The van der Waals surface area contributed by atoms with E-state index in [1.165, 1.54) is 10.4 Å². The molecule has 0 fully saturated rings. The smallest absolute Gasteiger partial charge is 0.338 e. The van der Waals surface area contributed by atoms with Gasteiger partial charge in [0.15, 0.2) is 6.61 Å². The van der Waals surface area contributed by atoms with Gasteiger partial charge in [-0.2, -0.15) is 0 Å². The summed E-state index contributed by atoms with van der Waals surface area (Å²) in [7, 11) is -3.39. The van der Waals surface area contributed by atoms with Gasteiger partial charge in [0, 0.05) is 11.7 Å². The van der Waals surface area contributed by atoms with E-state index < -0.39 is 28.5 Å². The molecule has 0 unspecified atom stereocenters. The first-order valence-corrected chi connectivity index (χ1v) is 10.7. The Labute approximate surface area is 164 Å². The fourth-order valence-corrected chi connectivity index (χ4v) is 4.63. The molecule has 0 saturated carbocycles. The summed E-state index contributed by atoms with van der Waals surface area (Å²) < 4.78 is 30.4. The molecule has 0 spiro atoms. The van der Waals surface area contributed by atoms with Gasteiger partial charge < -0.3 is 10.1 Å². The maximum Gasteiger partial charge on any atom is 0.338 e. The van der Waals surface area contributed by atoms with Gasteiger partial charge in [-0.15, -0.1) is 0 Å². The van der Waals surface area contributed by atoms with Gasteiger partial charge in [0.1, 0.15) is 0 Å². The van der Waals surface area contributed by atoms with Gasteiger partial charge in [0.25, 0.3) is 5.91 Å². The summed E-state index contributed by atoms with van der Waals surface area (Å²) in [5, 5.41) is 2.67. The Kier molecular flexibility index (Phi) is 5.42. The zero-order valence-electron chi connectivity index (χ0n) is 15.9. The Balaban J connectivity index is 1.64. The zero-order chi connectivity index (χ0) is 20.5. The topological polar surface area (TPSA) is 92.8 Å². The molecular formula is C20H22N2O5S. The van der Waals surface area contributed by atoms with Gasteiger partial charge in [-0.3, -0.25) is 9.10 Å². The quantitative estimate of drug-likeness (QED) is 0.776. The van der Waals surface area contributed by atoms with Crippen molar-refractivity contribution in [1.82, 2.24) is 0 Å². The molecule has 0 bridgehead atoms. The lowest BCUT2D eigenvalue weighted by molar-refractivity contribution is -0.119. The predicted octanol–water partition coefficient (Wildman–Crippen LogP) is 2.50. The number of nitrogens with zero attached hydrogens (tertiary/aromatic N) is 1. The molecule has 7 nitrogen and oxygen atoms in total. The van der Waals surface area contributed by atoms with Crippen LogP contribution in [0.1, 0.15) is 28.4 Å². The number of fused-ring (bicyclic) bond motifs is 1. The van der Waals surface area contributed by atoms with Gasteiger partial charge in [-0.1, -0.05) is 12.1 Å². The molecule has 2 aromatic rings. The number of hydrogen-bond donors (Lipinski definition) is 1. The largest absolute Gasteiger partial charge is 0.452 e. The summed E-state index contributed by atoms with van der Waals surface area (Å²) in [4.78, 5) is 24.3. The third-order valence-electron chi connectivity index (χ3n) is 4.46. The first-order valence-electron chi connectivity index (χ1n) is 8.81. The molecule has 3 rings (SSSR count). The number of nitrogens with one attached hydrogen (secondary N) is 1. The number of benzene rings is 2. The maximum atomic E-state index is 12.3. The van der Waals surface area contributed by atoms with Crippen molar-refractivity contribution in [3.05, 3.63) is 59.2 Å². The molecule has 1 aliphatic heterocycles. The Morgan fingerprint density at radius 2 is 1.96 bits per heavy atom. The molecule has 1 N–H and O–H groups in total. The summed E-state index contributed by atoms with van der Waals surface area (Å²) in [6.45, 7) is 3.32. The lowest BCUT2D eigenvalue weighted by Crippen LogP contribution is -2.34. The summed E-state index contributed by atoms with van der Waals surface area (Å²) in [6, 6.07) is 11.8. The third-order valence-corrected chi connectivity index (χ3v) is 5.73. The molecule has 0 radical (unpaired) electrons. The number of esters is 1. The van der Waals surface area contributed by atoms with Gasteiger partial charge in [0.05, 0.1) is 17.5 Å². The van der Waals surface area contributed by atoms with Crippen molar-refractivity contribution < 1.29 is 22.7 Å². The molecule has 1 amide bonds. The minimum atomic E-state index is -3.39. The van der Waals surface area contributed by atoms with Crippen molar-refractivity contribution >= 4 is 33.3 Å². The summed E-state index contributed by atoms with van der Waals surface area (Å²) in [5.41, 5.74) is 3.25.